The largest absolute Gasteiger partial charge is 0.444 e. The first-order chi connectivity index (χ1) is 9.20. The van der Waals surface area contributed by atoms with Gasteiger partial charge in [-0.05, 0) is 40.2 Å². The minimum atomic E-state index is -0.717. The smallest absolute Gasteiger partial charge is 0.410 e. The van der Waals surface area contributed by atoms with E-state index in [9.17, 15) is 9.90 Å². The van der Waals surface area contributed by atoms with E-state index in [1.165, 1.54) is 0 Å². The van der Waals surface area contributed by atoms with Crippen molar-refractivity contribution in [1.29, 1.82) is 0 Å². The summed E-state index contributed by atoms with van der Waals surface area (Å²) in [6.07, 6.45) is -1.12. The minimum Gasteiger partial charge on any atom is -0.444 e. The zero-order valence-corrected chi connectivity index (χ0v) is 13.0. The Morgan fingerprint density at radius 2 is 1.80 bits per heavy atom. The number of nitrogens with zero attached hydrogens (tertiary/aromatic N) is 1. The van der Waals surface area contributed by atoms with Gasteiger partial charge < -0.3 is 14.7 Å². The van der Waals surface area contributed by atoms with Crippen LogP contribution in [0.5, 0.6) is 0 Å². The average Bonchev–Trinajstić information content (AvgIpc) is 2.34. The van der Waals surface area contributed by atoms with E-state index in [1.54, 1.807) is 4.90 Å². The van der Waals surface area contributed by atoms with Crippen LogP contribution >= 0.6 is 0 Å². The molecule has 0 aromatic heterocycles. The van der Waals surface area contributed by atoms with Crippen LogP contribution in [0.1, 0.15) is 46.3 Å². The molecule has 20 heavy (non-hydrogen) atoms. The highest BCUT2D eigenvalue weighted by molar-refractivity contribution is 5.68. The number of rotatable bonds is 4. The number of hydrogen-bond donors (Lipinski definition) is 1. The summed E-state index contributed by atoms with van der Waals surface area (Å²) in [5.74, 6) is 0. The fourth-order valence-corrected chi connectivity index (χ4v) is 1.78. The maximum absolute atomic E-state index is 12.2. The summed E-state index contributed by atoms with van der Waals surface area (Å²) in [5, 5.41) is 10.2. The lowest BCUT2D eigenvalue weighted by Crippen LogP contribution is -2.43. The molecule has 1 rings (SSSR count). The van der Waals surface area contributed by atoms with E-state index >= 15 is 0 Å². The Balaban J connectivity index is 2.75. The van der Waals surface area contributed by atoms with E-state index in [1.807, 2.05) is 65.0 Å². The third kappa shape index (κ3) is 5.21. The lowest BCUT2D eigenvalue weighted by atomic mass is 10.1. The van der Waals surface area contributed by atoms with Gasteiger partial charge in [0.05, 0.1) is 12.6 Å². The number of hydrogen-bond acceptors (Lipinski definition) is 3. The van der Waals surface area contributed by atoms with Gasteiger partial charge in [-0.2, -0.15) is 0 Å². The molecule has 1 unspecified atom stereocenters. The molecule has 1 N–H and O–H groups in total. The molecular formula is C16H25NO3. The normalized spacial score (nSPS) is 13.2. The lowest BCUT2D eigenvalue weighted by molar-refractivity contribution is 0.00726. The van der Waals surface area contributed by atoms with E-state index < -0.39 is 17.8 Å². The van der Waals surface area contributed by atoms with E-state index in [4.69, 9.17) is 4.74 Å². The Hall–Kier alpha value is -1.55. The van der Waals surface area contributed by atoms with Gasteiger partial charge in [-0.3, -0.25) is 0 Å². The van der Waals surface area contributed by atoms with Crippen LogP contribution in [0, 0.1) is 0 Å². The molecule has 0 heterocycles. The van der Waals surface area contributed by atoms with E-state index in [-0.39, 0.29) is 12.6 Å². The van der Waals surface area contributed by atoms with Gasteiger partial charge >= 0.3 is 6.09 Å². The monoisotopic (exact) mass is 279 g/mol. The molecule has 0 saturated carbocycles. The van der Waals surface area contributed by atoms with Crippen LogP contribution in [0.2, 0.25) is 0 Å². The van der Waals surface area contributed by atoms with Gasteiger partial charge in [-0.15, -0.1) is 0 Å². The molecule has 0 saturated heterocycles. The summed E-state index contributed by atoms with van der Waals surface area (Å²) in [5.41, 5.74) is 0.253. The Labute approximate surface area is 121 Å². The van der Waals surface area contributed by atoms with Crippen LogP contribution < -0.4 is 0 Å². The third-order valence-corrected chi connectivity index (χ3v) is 2.81. The second-order valence-corrected chi connectivity index (χ2v) is 6.15. The molecule has 0 aliphatic heterocycles. The summed E-state index contributed by atoms with van der Waals surface area (Å²) in [6.45, 7) is 9.52. The molecule has 0 aliphatic rings. The lowest BCUT2D eigenvalue weighted by Gasteiger charge is -2.31. The Morgan fingerprint density at radius 3 is 2.25 bits per heavy atom. The molecular weight excluding hydrogens is 254 g/mol. The van der Waals surface area contributed by atoms with Crippen molar-refractivity contribution in [2.45, 2.75) is 52.4 Å². The Morgan fingerprint density at radius 1 is 1.25 bits per heavy atom. The topological polar surface area (TPSA) is 49.8 Å². The van der Waals surface area contributed by atoms with Crippen LogP contribution in [-0.2, 0) is 4.74 Å². The number of aliphatic hydroxyl groups is 1. The predicted molar refractivity (Wildman–Crippen MR) is 79.5 cm³/mol. The minimum absolute atomic E-state index is 0.0387. The first-order valence-corrected chi connectivity index (χ1v) is 6.93. The van der Waals surface area contributed by atoms with Gasteiger partial charge in [0.15, 0.2) is 0 Å². The highest BCUT2D eigenvalue weighted by Gasteiger charge is 2.26. The first kappa shape index (κ1) is 16.5. The van der Waals surface area contributed by atoms with E-state index in [0.29, 0.717) is 0 Å². The highest BCUT2D eigenvalue weighted by Crippen LogP contribution is 2.18. The average molecular weight is 279 g/mol. The van der Waals surface area contributed by atoms with Crippen LogP contribution in [-0.4, -0.2) is 34.3 Å². The molecule has 0 spiro atoms. The summed E-state index contributed by atoms with van der Waals surface area (Å²) in [6, 6.07) is 9.28. The van der Waals surface area contributed by atoms with Gasteiger partial charge in [-0.1, -0.05) is 30.3 Å². The molecule has 4 heteroatoms. The molecule has 0 radical (unpaired) electrons. The molecule has 4 nitrogen and oxygen atoms in total. The van der Waals surface area contributed by atoms with Gasteiger partial charge in [0.2, 0.25) is 0 Å². The quantitative estimate of drug-likeness (QED) is 0.919. The van der Waals surface area contributed by atoms with Crippen molar-refractivity contribution in [3.05, 3.63) is 35.9 Å². The zero-order chi connectivity index (χ0) is 15.3. The molecule has 0 bridgehead atoms. The predicted octanol–water partition coefficient (Wildman–Crippen LogP) is 3.37. The maximum Gasteiger partial charge on any atom is 0.410 e. The third-order valence-electron chi connectivity index (χ3n) is 2.81. The van der Waals surface area contributed by atoms with Crippen molar-refractivity contribution in [3.8, 4) is 0 Å². The van der Waals surface area contributed by atoms with Gasteiger partial charge in [0.25, 0.3) is 0 Å². The molecule has 1 atom stereocenters. The Kier molecular flexibility index (Phi) is 5.57. The number of carbonyl (C=O) groups excluding carboxylic acids is 1. The van der Waals surface area contributed by atoms with Crippen molar-refractivity contribution in [2.75, 3.05) is 6.54 Å². The molecule has 112 valence electrons. The summed E-state index contributed by atoms with van der Waals surface area (Å²) in [4.78, 5) is 13.7. The second kappa shape index (κ2) is 6.75. The number of aliphatic hydroxyl groups excluding tert-OH is 1. The van der Waals surface area contributed by atoms with Crippen molar-refractivity contribution in [2.24, 2.45) is 0 Å². The number of amides is 1. The maximum atomic E-state index is 12.2. The van der Waals surface area contributed by atoms with E-state index in [2.05, 4.69) is 0 Å². The molecule has 1 aromatic carbocycles. The van der Waals surface area contributed by atoms with Crippen LogP contribution in [0.4, 0.5) is 4.79 Å². The highest BCUT2D eigenvalue weighted by atomic mass is 16.6. The van der Waals surface area contributed by atoms with Crippen LogP contribution in [0.15, 0.2) is 30.3 Å². The van der Waals surface area contributed by atoms with Crippen molar-refractivity contribution in [3.63, 3.8) is 0 Å². The molecule has 1 aromatic rings. The summed E-state index contributed by atoms with van der Waals surface area (Å²) < 4.78 is 5.37. The van der Waals surface area contributed by atoms with Crippen molar-refractivity contribution >= 4 is 6.09 Å². The van der Waals surface area contributed by atoms with Crippen LogP contribution in [0.25, 0.3) is 0 Å². The van der Waals surface area contributed by atoms with E-state index in [0.717, 1.165) is 5.56 Å². The summed E-state index contributed by atoms with van der Waals surface area (Å²) in [7, 11) is 0. The fraction of sp³-hybridized carbons (Fsp3) is 0.562. The summed E-state index contributed by atoms with van der Waals surface area (Å²) >= 11 is 0. The zero-order valence-electron chi connectivity index (χ0n) is 13.0. The number of ether oxygens (including phenoxy) is 1. The van der Waals surface area contributed by atoms with Gasteiger partial charge in [0, 0.05) is 6.04 Å². The first-order valence-electron chi connectivity index (χ1n) is 6.93. The van der Waals surface area contributed by atoms with Gasteiger partial charge in [-0.25, -0.2) is 4.79 Å². The SMILES string of the molecule is CC(C)N(CC(O)c1ccccc1)C(=O)OC(C)(C)C. The Bertz CT molecular complexity index is 423. The van der Waals surface area contributed by atoms with Crippen molar-refractivity contribution < 1.29 is 14.6 Å². The number of carbonyl (C=O) groups is 1. The fourth-order valence-electron chi connectivity index (χ4n) is 1.78. The van der Waals surface area contributed by atoms with Crippen LogP contribution in [0.3, 0.4) is 0 Å². The standard InChI is InChI=1S/C16H25NO3/c1-12(2)17(15(19)20-16(3,4)5)11-14(18)13-9-7-6-8-10-13/h6-10,12,14,18H,11H2,1-5H3. The number of benzene rings is 1. The van der Waals surface area contributed by atoms with Crippen molar-refractivity contribution in [1.82, 2.24) is 4.90 Å². The second-order valence-electron chi connectivity index (χ2n) is 6.15. The molecule has 0 aliphatic carbocycles. The molecule has 0 fully saturated rings. The molecule has 1 amide bonds. The van der Waals surface area contributed by atoms with Gasteiger partial charge in [0.1, 0.15) is 5.60 Å².